The van der Waals surface area contributed by atoms with Crippen LogP contribution >= 0.6 is 0 Å². The topological polar surface area (TPSA) is 21.3 Å². The molecule has 1 saturated heterocycles. The van der Waals surface area contributed by atoms with Crippen molar-refractivity contribution in [3.63, 3.8) is 0 Å². The van der Waals surface area contributed by atoms with E-state index in [1.54, 1.807) is 7.11 Å². The quantitative estimate of drug-likeness (QED) is 0.781. The Bertz CT molecular complexity index is 273. The standard InChI is InChI=1S/C12H17NO/c1-14-12-9-13-8-11(12)7-10-5-3-2-4-6-10/h2-6,11-13H,7-9H2,1H3. The van der Waals surface area contributed by atoms with E-state index < -0.39 is 0 Å². The molecule has 2 heteroatoms. The van der Waals surface area contributed by atoms with Gasteiger partial charge in [-0.05, 0) is 12.0 Å². The van der Waals surface area contributed by atoms with Crippen LogP contribution in [0.2, 0.25) is 0 Å². The van der Waals surface area contributed by atoms with Crippen molar-refractivity contribution >= 4 is 0 Å². The van der Waals surface area contributed by atoms with Gasteiger partial charge in [0, 0.05) is 26.1 Å². The summed E-state index contributed by atoms with van der Waals surface area (Å²) in [6.07, 6.45) is 1.50. The third-order valence-corrected chi connectivity index (χ3v) is 2.92. The van der Waals surface area contributed by atoms with Crippen molar-refractivity contribution in [2.45, 2.75) is 12.5 Å². The molecule has 0 amide bonds. The maximum atomic E-state index is 5.43. The molecule has 76 valence electrons. The number of hydrogen-bond donors (Lipinski definition) is 1. The number of nitrogens with one attached hydrogen (secondary N) is 1. The third kappa shape index (κ3) is 2.14. The second-order valence-corrected chi connectivity index (χ2v) is 3.88. The van der Waals surface area contributed by atoms with Crippen LogP contribution in [-0.2, 0) is 11.2 Å². The summed E-state index contributed by atoms with van der Waals surface area (Å²) in [5.74, 6) is 0.627. The lowest BCUT2D eigenvalue weighted by atomic mass is 9.97. The average molecular weight is 191 g/mol. The first-order valence-electron chi connectivity index (χ1n) is 5.17. The molecule has 2 unspecified atom stereocenters. The Morgan fingerprint density at radius 2 is 2.07 bits per heavy atom. The molecule has 0 spiro atoms. The van der Waals surface area contributed by atoms with Crippen molar-refractivity contribution in [2.75, 3.05) is 20.2 Å². The first-order valence-corrected chi connectivity index (χ1v) is 5.17. The monoisotopic (exact) mass is 191 g/mol. The Balaban J connectivity index is 1.97. The fourth-order valence-electron chi connectivity index (χ4n) is 2.11. The lowest BCUT2D eigenvalue weighted by molar-refractivity contribution is 0.0832. The Kier molecular flexibility index (Phi) is 3.17. The highest BCUT2D eigenvalue weighted by atomic mass is 16.5. The smallest absolute Gasteiger partial charge is 0.0739 e. The van der Waals surface area contributed by atoms with Gasteiger partial charge in [0.1, 0.15) is 0 Å². The van der Waals surface area contributed by atoms with Gasteiger partial charge in [-0.1, -0.05) is 30.3 Å². The Hall–Kier alpha value is -0.860. The Morgan fingerprint density at radius 3 is 2.79 bits per heavy atom. The normalized spacial score (nSPS) is 26.6. The highest BCUT2D eigenvalue weighted by molar-refractivity contribution is 5.16. The first kappa shape index (κ1) is 9.69. The number of hydrogen-bond acceptors (Lipinski definition) is 2. The summed E-state index contributed by atoms with van der Waals surface area (Å²) in [6.45, 7) is 2.07. The van der Waals surface area contributed by atoms with E-state index in [1.165, 1.54) is 5.56 Å². The second kappa shape index (κ2) is 4.58. The van der Waals surface area contributed by atoms with Crippen LogP contribution in [0, 0.1) is 5.92 Å². The average Bonchev–Trinajstić information content (AvgIpc) is 2.67. The van der Waals surface area contributed by atoms with Gasteiger partial charge in [0.2, 0.25) is 0 Å². The van der Waals surface area contributed by atoms with Crippen molar-refractivity contribution in [3.05, 3.63) is 35.9 Å². The molecule has 0 aliphatic carbocycles. The van der Waals surface area contributed by atoms with Gasteiger partial charge in [-0.3, -0.25) is 0 Å². The van der Waals surface area contributed by atoms with Gasteiger partial charge >= 0.3 is 0 Å². The lowest BCUT2D eigenvalue weighted by Gasteiger charge is -2.16. The van der Waals surface area contributed by atoms with Gasteiger partial charge in [-0.25, -0.2) is 0 Å². The summed E-state index contributed by atoms with van der Waals surface area (Å²) in [4.78, 5) is 0. The van der Waals surface area contributed by atoms with E-state index in [-0.39, 0.29) is 0 Å². The highest BCUT2D eigenvalue weighted by Gasteiger charge is 2.26. The van der Waals surface area contributed by atoms with E-state index in [4.69, 9.17) is 4.74 Å². The minimum atomic E-state index is 0.384. The maximum absolute atomic E-state index is 5.43. The van der Waals surface area contributed by atoms with Crippen molar-refractivity contribution in [1.82, 2.24) is 5.32 Å². The molecule has 1 aromatic rings. The summed E-state index contributed by atoms with van der Waals surface area (Å²) < 4.78 is 5.43. The zero-order valence-corrected chi connectivity index (χ0v) is 8.57. The number of rotatable bonds is 3. The van der Waals surface area contributed by atoms with Crippen LogP contribution in [0.3, 0.4) is 0 Å². The van der Waals surface area contributed by atoms with Crippen LogP contribution in [-0.4, -0.2) is 26.3 Å². The summed E-state index contributed by atoms with van der Waals surface area (Å²) in [6, 6.07) is 10.6. The minimum absolute atomic E-state index is 0.384. The molecule has 2 rings (SSSR count). The number of ether oxygens (including phenoxy) is 1. The molecule has 0 bridgehead atoms. The molecular formula is C12H17NO. The van der Waals surface area contributed by atoms with E-state index in [0.29, 0.717) is 12.0 Å². The molecule has 0 aromatic heterocycles. The molecule has 1 aliphatic heterocycles. The fraction of sp³-hybridized carbons (Fsp3) is 0.500. The summed E-state index contributed by atoms with van der Waals surface area (Å²) in [7, 11) is 1.80. The van der Waals surface area contributed by atoms with Crippen LogP contribution in [0.4, 0.5) is 0 Å². The SMILES string of the molecule is COC1CNCC1Cc1ccccc1. The molecule has 0 radical (unpaired) electrons. The van der Waals surface area contributed by atoms with Gasteiger partial charge in [0.15, 0.2) is 0 Å². The van der Waals surface area contributed by atoms with Gasteiger partial charge in [0.25, 0.3) is 0 Å². The third-order valence-electron chi connectivity index (χ3n) is 2.92. The molecule has 1 N–H and O–H groups in total. The minimum Gasteiger partial charge on any atom is -0.380 e. The predicted octanol–water partition coefficient (Wildman–Crippen LogP) is 1.46. The van der Waals surface area contributed by atoms with Crippen molar-refractivity contribution in [3.8, 4) is 0 Å². The fourth-order valence-corrected chi connectivity index (χ4v) is 2.11. The van der Waals surface area contributed by atoms with E-state index >= 15 is 0 Å². The Morgan fingerprint density at radius 1 is 1.29 bits per heavy atom. The van der Waals surface area contributed by atoms with Gasteiger partial charge in [0.05, 0.1) is 6.10 Å². The molecule has 1 aromatic carbocycles. The van der Waals surface area contributed by atoms with Gasteiger partial charge in [-0.15, -0.1) is 0 Å². The molecule has 0 saturated carbocycles. The molecule has 1 fully saturated rings. The van der Waals surface area contributed by atoms with E-state index in [0.717, 1.165) is 19.5 Å². The zero-order chi connectivity index (χ0) is 9.80. The van der Waals surface area contributed by atoms with Crippen LogP contribution < -0.4 is 5.32 Å². The van der Waals surface area contributed by atoms with Crippen molar-refractivity contribution in [1.29, 1.82) is 0 Å². The van der Waals surface area contributed by atoms with E-state index in [2.05, 4.69) is 35.6 Å². The van der Waals surface area contributed by atoms with Crippen LogP contribution in [0.25, 0.3) is 0 Å². The largest absolute Gasteiger partial charge is 0.380 e. The number of benzene rings is 1. The lowest BCUT2D eigenvalue weighted by Crippen LogP contribution is -2.22. The Labute approximate surface area is 85.3 Å². The first-order chi connectivity index (χ1) is 6.90. The highest BCUT2D eigenvalue weighted by Crippen LogP contribution is 2.17. The molecule has 14 heavy (non-hydrogen) atoms. The van der Waals surface area contributed by atoms with Crippen LogP contribution in [0.15, 0.2) is 30.3 Å². The maximum Gasteiger partial charge on any atom is 0.0739 e. The summed E-state index contributed by atoms with van der Waals surface area (Å²) in [5, 5.41) is 3.37. The van der Waals surface area contributed by atoms with E-state index in [9.17, 15) is 0 Å². The van der Waals surface area contributed by atoms with Crippen LogP contribution in [0.5, 0.6) is 0 Å². The predicted molar refractivity (Wildman–Crippen MR) is 57.3 cm³/mol. The van der Waals surface area contributed by atoms with Crippen molar-refractivity contribution in [2.24, 2.45) is 5.92 Å². The summed E-state index contributed by atoms with van der Waals surface area (Å²) in [5.41, 5.74) is 1.41. The molecule has 1 heterocycles. The summed E-state index contributed by atoms with van der Waals surface area (Å²) >= 11 is 0. The van der Waals surface area contributed by atoms with Gasteiger partial charge in [-0.2, -0.15) is 0 Å². The van der Waals surface area contributed by atoms with Crippen molar-refractivity contribution < 1.29 is 4.74 Å². The molecule has 2 atom stereocenters. The molecule has 2 nitrogen and oxygen atoms in total. The molecular weight excluding hydrogens is 174 g/mol. The van der Waals surface area contributed by atoms with Gasteiger partial charge < -0.3 is 10.1 Å². The molecule has 1 aliphatic rings. The van der Waals surface area contributed by atoms with Crippen LogP contribution in [0.1, 0.15) is 5.56 Å². The number of methoxy groups -OCH3 is 1. The second-order valence-electron chi connectivity index (χ2n) is 3.88. The van der Waals surface area contributed by atoms with E-state index in [1.807, 2.05) is 0 Å². The zero-order valence-electron chi connectivity index (χ0n) is 8.57.